The van der Waals surface area contributed by atoms with Crippen LogP contribution in [0.5, 0.6) is 5.75 Å². The smallest absolute Gasteiger partial charge is 0.119 e. The molecule has 0 aromatic heterocycles. The van der Waals surface area contributed by atoms with E-state index >= 15 is 0 Å². The number of ether oxygens (including phenoxy) is 1. The van der Waals surface area contributed by atoms with E-state index in [-0.39, 0.29) is 0 Å². The molecule has 0 spiro atoms. The van der Waals surface area contributed by atoms with Crippen molar-refractivity contribution in [1.82, 2.24) is 5.32 Å². The number of hydrogen-bond donors (Lipinski definition) is 1. The summed E-state index contributed by atoms with van der Waals surface area (Å²) in [7, 11) is 0. The standard InChI is InChI=1S/C15H22ClNO/c1-12-10-14(6-7-15(12)16)18-9-8-17-11-13-4-2-3-5-13/h6-7,10,13,17H,2-5,8-9,11H2,1H3. The molecule has 0 amide bonds. The number of nitrogens with one attached hydrogen (secondary N) is 1. The fourth-order valence-electron chi connectivity index (χ4n) is 2.47. The summed E-state index contributed by atoms with van der Waals surface area (Å²) in [6.45, 7) is 4.77. The highest BCUT2D eigenvalue weighted by atomic mass is 35.5. The van der Waals surface area contributed by atoms with Crippen molar-refractivity contribution in [3.63, 3.8) is 0 Å². The van der Waals surface area contributed by atoms with E-state index < -0.39 is 0 Å². The zero-order valence-electron chi connectivity index (χ0n) is 11.0. The first-order chi connectivity index (χ1) is 8.75. The summed E-state index contributed by atoms with van der Waals surface area (Å²) in [5.74, 6) is 1.79. The maximum absolute atomic E-state index is 5.97. The van der Waals surface area contributed by atoms with Crippen LogP contribution >= 0.6 is 11.6 Å². The Labute approximate surface area is 115 Å². The highest BCUT2D eigenvalue weighted by Crippen LogP contribution is 2.23. The minimum atomic E-state index is 0.716. The van der Waals surface area contributed by atoms with Gasteiger partial charge in [0.2, 0.25) is 0 Å². The van der Waals surface area contributed by atoms with E-state index in [2.05, 4.69) is 5.32 Å². The molecule has 0 unspecified atom stereocenters. The maximum atomic E-state index is 5.97. The Morgan fingerprint density at radius 2 is 2.11 bits per heavy atom. The summed E-state index contributed by atoms with van der Waals surface area (Å²) in [5, 5.41) is 4.27. The van der Waals surface area contributed by atoms with E-state index in [1.54, 1.807) is 0 Å². The van der Waals surface area contributed by atoms with Crippen molar-refractivity contribution in [1.29, 1.82) is 0 Å². The molecule has 2 rings (SSSR count). The third-order valence-corrected chi connectivity index (χ3v) is 4.01. The summed E-state index contributed by atoms with van der Waals surface area (Å²) < 4.78 is 5.69. The number of benzene rings is 1. The average molecular weight is 268 g/mol. The van der Waals surface area contributed by atoms with Crippen LogP contribution in [-0.2, 0) is 0 Å². The van der Waals surface area contributed by atoms with Crippen molar-refractivity contribution in [2.24, 2.45) is 5.92 Å². The summed E-state index contributed by atoms with van der Waals surface area (Å²) in [4.78, 5) is 0. The van der Waals surface area contributed by atoms with Gasteiger partial charge in [-0.1, -0.05) is 24.4 Å². The minimum absolute atomic E-state index is 0.716. The van der Waals surface area contributed by atoms with Crippen LogP contribution in [0, 0.1) is 12.8 Å². The van der Waals surface area contributed by atoms with Gasteiger partial charge in [-0.3, -0.25) is 0 Å². The van der Waals surface area contributed by atoms with Crippen LogP contribution in [0.2, 0.25) is 5.02 Å². The van der Waals surface area contributed by atoms with E-state index in [1.165, 1.54) is 25.7 Å². The molecule has 3 heteroatoms. The van der Waals surface area contributed by atoms with Crippen LogP contribution < -0.4 is 10.1 Å². The summed E-state index contributed by atoms with van der Waals surface area (Å²) in [6, 6.07) is 5.80. The van der Waals surface area contributed by atoms with Crippen molar-refractivity contribution >= 4 is 11.6 Å². The number of halogens is 1. The van der Waals surface area contributed by atoms with Gasteiger partial charge in [0.15, 0.2) is 0 Å². The van der Waals surface area contributed by atoms with Gasteiger partial charge in [-0.05, 0) is 56.0 Å². The van der Waals surface area contributed by atoms with Crippen molar-refractivity contribution in [3.05, 3.63) is 28.8 Å². The molecule has 0 radical (unpaired) electrons. The van der Waals surface area contributed by atoms with Gasteiger partial charge in [0.1, 0.15) is 12.4 Å². The Kier molecular flexibility index (Phi) is 5.33. The topological polar surface area (TPSA) is 21.3 Å². The van der Waals surface area contributed by atoms with Crippen molar-refractivity contribution in [3.8, 4) is 5.75 Å². The average Bonchev–Trinajstić information content (AvgIpc) is 2.86. The Morgan fingerprint density at radius 3 is 2.83 bits per heavy atom. The lowest BCUT2D eigenvalue weighted by molar-refractivity contribution is 0.308. The van der Waals surface area contributed by atoms with Crippen molar-refractivity contribution < 1.29 is 4.74 Å². The van der Waals surface area contributed by atoms with Crippen LogP contribution in [0.25, 0.3) is 0 Å². The Hall–Kier alpha value is -0.730. The second kappa shape index (κ2) is 7.01. The lowest BCUT2D eigenvalue weighted by Crippen LogP contribution is -2.26. The molecule has 1 aromatic carbocycles. The second-order valence-corrected chi connectivity index (χ2v) is 5.52. The van der Waals surface area contributed by atoms with Gasteiger partial charge in [-0.15, -0.1) is 0 Å². The van der Waals surface area contributed by atoms with Gasteiger partial charge in [0.05, 0.1) is 0 Å². The number of aryl methyl sites for hydroxylation is 1. The van der Waals surface area contributed by atoms with Crippen LogP contribution in [0.15, 0.2) is 18.2 Å². The zero-order valence-corrected chi connectivity index (χ0v) is 11.8. The lowest BCUT2D eigenvalue weighted by atomic mass is 10.1. The molecular formula is C15H22ClNO. The lowest BCUT2D eigenvalue weighted by Gasteiger charge is -2.11. The molecular weight excluding hydrogens is 246 g/mol. The van der Waals surface area contributed by atoms with E-state index in [4.69, 9.17) is 16.3 Å². The molecule has 0 heterocycles. The third-order valence-electron chi connectivity index (χ3n) is 3.58. The van der Waals surface area contributed by atoms with Crippen molar-refractivity contribution in [2.45, 2.75) is 32.6 Å². The first kappa shape index (κ1) is 13.7. The Bertz CT molecular complexity index is 375. The summed E-state index contributed by atoms with van der Waals surface area (Å²) in [6.07, 6.45) is 5.61. The largest absolute Gasteiger partial charge is 0.492 e. The van der Waals surface area contributed by atoms with E-state index in [1.807, 2.05) is 25.1 Å². The van der Waals surface area contributed by atoms with Crippen LogP contribution in [-0.4, -0.2) is 19.7 Å². The van der Waals surface area contributed by atoms with Gasteiger partial charge in [0, 0.05) is 11.6 Å². The maximum Gasteiger partial charge on any atom is 0.119 e. The molecule has 1 N–H and O–H groups in total. The molecule has 2 nitrogen and oxygen atoms in total. The number of hydrogen-bond acceptors (Lipinski definition) is 2. The fourth-order valence-corrected chi connectivity index (χ4v) is 2.59. The molecule has 0 bridgehead atoms. The van der Waals surface area contributed by atoms with Crippen LogP contribution in [0.3, 0.4) is 0 Å². The molecule has 18 heavy (non-hydrogen) atoms. The molecule has 1 aliphatic carbocycles. The van der Waals surface area contributed by atoms with Crippen LogP contribution in [0.4, 0.5) is 0 Å². The Morgan fingerprint density at radius 1 is 1.33 bits per heavy atom. The van der Waals surface area contributed by atoms with Gasteiger partial charge in [-0.2, -0.15) is 0 Å². The quantitative estimate of drug-likeness (QED) is 0.792. The van der Waals surface area contributed by atoms with Gasteiger partial charge < -0.3 is 10.1 Å². The first-order valence-corrected chi connectivity index (χ1v) is 7.23. The molecule has 1 aromatic rings. The van der Waals surface area contributed by atoms with Gasteiger partial charge in [0.25, 0.3) is 0 Å². The number of rotatable bonds is 6. The third kappa shape index (κ3) is 4.18. The molecule has 0 atom stereocenters. The van der Waals surface area contributed by atoms with Gasteiger partial charge in [-0.25, -0.2) is 0 Å². The molecule has 0 aliphatic heterocycles. The highest BCUT2D eigenvalue weighted by Gasteiger charge is 2.13. The zero-order chi connectivity index (χ0) is 12.8. The predicted molar refractivity (Wildman–Crippen MR) is 76.5 cm³/mol. The predicted octanol–water partition coefficient (Wildman–Crippen LogP) is 3.81. The van der Waals surface area contributed by atoms with Crippen molar-refractivity contribution in [2.75, 3.05) is 19.7 Å². The first-order valence-electron chi connectivity index (χ1n) is 6.85. The van der Waals surface area contributed by atoms with Gasteiger partial charge >= 0.3 is 0 Å². The second-order valence-electron chi connectivity index (χ2n) is 5.11. The molecule has 1 saturated carbocycles. The van der Waals surface area contributed by atoms with E-state index in [9.17, 15) is 0 Å². The summed E-state index contributed by atoms with van der Waals surface area (Å²) >= 11 is 5.97. The minimum Gasteiger partial charge on any atom is -0.492 e. The monoisotopic (exact) mass is 267 g/mol. The normalized spacial score (nSPS) is 16.1. The SMILES string of the molecule is Cc1cc(OCCNCC2CCCC2)ccc1Cl. The van der Waals surface area contributed by atoms with E-state index in [0.717, 1.165) is 35.3 Å². The fraction of sp³-hybridized carbons (Fsp3) is 0.600. The molecule has 1 aliphatic rings. The molecule has 1 fully saturated rings. The molecule has 0 saturated heterocycles. The highest BCUT2D eigenvalue weighted by molar-refractivity contribution is 6.31. The van der Waals surface area contributed by atoms with Crippen LogP contribution in [0.1, 0.15) is 31.2 Å². The molecule has 100 valence electrons. The Balaban J connectivity index is 1.61. The van der Waals surface area contributed by atoms with E-state index in [0.29, 0.717) is 6.61 Å². The summed E-state index contributed by atoms with van der Waals surface area (Å²) in [5.41, 5.74) is 1.06.